The number of alkyl halides is 3. The number of hydrogen-bond acceptors (Lipinski definition) is 3. The Bertz CT molecular complexity index is 315. The maximum absolute atomic E-state index is 12.2. The van der Waals surface area contributed by atoms with Crippen LogP contribution in [0.1, 0.15) is 26.4 Å². The topological polar surface area (TPSA) is 30.0 Å². The van der Waals surface area contributed by atoms with E-state index in [0.29, 0.717) is 4.88 Å². The molecule has 2 nitrogen and oxygen atoms in total. The van der Waals surface area contributed by atoms with E-state index in [0.717, 1.165) is 11.3 Å². The molecule has 0 amide bonds. The van der Waals surface area contributed by atoms with Crippen molar-refractivity contribution in [3.8, 4) is 0 Å². The molecule has 0 saturated carbocycles. The van der Waals surface area contributed by atoms with E-state index in [1.165, 1.54) is 13.1 Å². The van der Waals surface area contributed by atoms with E-state index < -0.39 is 11.3 Å². The Morgan fingerprint density at radius 1 is 1.69 bits per heavy atom. The number of Topliss-reactive ketones (excluding diaryl/α,β-unsaturated/α-hetero) is 1. The van der Waals surface area contributed by atoms with E-state index in [4.69, 9.17) is 0 Å². The first-order chi connectivity index (χ1) is 6.02. The molecule has 1 rings (SSSR count). The normalized spacial score (nSPS) is 13.3. The first-order valence-corrected chi connectivity index (χ1v) is 5.14. The van der Waals surface area contributed by atoms with Gasteiger partial charge in [0.1, 0.15) is 9.83 Å². The highest BCUT2D eigenvalue weighted by Crippen LogP contribution is 2.32. The Morgan fingerprint density at radius 3 is 2.69 bits per heavy atom. The Morgan fingerprint density at radius 2 is 2.31 bits per heavy atom. The van der Waals surface area contributed by atoms with Crippen molar-refractivity contribution >= 4 is 33.0 Å². The molecule has 1 unspecified atom stereocenters. The summed E-state index contributed by atoms with van der Waals surface area (Å²) in [6.07, 6.45) is -1.19. The molecule has 0 saturated heterocycles. The van der Waals surface area contributed by atoms with E-state index in [1.54, 1.807) is 0 Å². The minimum absolute atomic E-state index is 0.155. The number of carbonyl (C=O) groups is 1. The molecule has 0 fully saturated rings. The van der Waals surface area contributed by atoms with Crippen molar-refractivity contribution in [2.45, 2.75) is 18.2 Å². The molecule has 0 spiro atoms. The molecule has 1 aromatic heterocycles. The molecule has 6 heteroatoms. The molecular formula is C7H6BrF2NOS. The summed E-state index contributed by atoms with van der Waals surface area (Å²) in [6, 6.07) is 0. The van der Waals surface area contributed by atoms with Gasteiger partial charge in [0.2, 0.25) is 0 Å². The zero-order valence-electron chi connectivity index (χ0n) is 6.63. The van der Waals surface area contributed by atoms with Gasteiger partial charge < -0.3 is 0 Å². The molecule has 0 aliphatic carbocycles. The average Bonchev–Trinajstić information content (AvgIpc) is 2.50. The first-order valence-electron chi connectivity index (χ1n) is 3.41. The smallest absolute Gasteiger partial charge is 0.257 e. The fourth-order valence-corrected chi connectivity index (χ4v) is 1.88. The van der Waals surface area contributed by atoms with Gasteiger partial charge in [0.15, 0.2) is 5.78 Å². The second-order valence-electron chi connectivity index (χ2n) is 2.36. The molecule has 0 N–H and O–H groups in total. The van der Waals surface area contributed by atoms with Gasteiger partial charge in [0, 0.05) is 13.1 Å². The predicted octanol–water partition coefficient (Wildman–Crippen LogP) is 3.05. The van der Waals surface area contributed by atoms with Crippen LogP contribution < -0.4 is 0 Å². The summed E-state index contributed by atoms with van der Waals surface area (Å²) in [6.45, 7) is 1.38. The molecule has 0 radical (unpaired) electrons. The third-order valence-electron chi connectivity index (χ3n) is 1.33. The first kappa shape index (κ1) is 10.7. The van der Waals surface area contributed by atoms with Crippen molar-refractivity contribution in [2.75, 3.05) is 0 Å². The van der Waals surface area contributed by atoms with E-state index >= 15 is 0 Å². The summed E-state index contributed by atoms with van der Waals surface area (Å²) in [4.78, 5) is 13.9. The van der Waals surface area contributed by atoms with Crippen LogP contribution >= 0.6 is 27.3 Å². The summed E-state index contributed by atoms with van der Waals surface area (Å²) in [5.41, 5.74) is 0. The highest BCUT2D eigenvalue weighted by molar-refractivity contribution is 9.09. The van der Waals surface area contributed by atoms with Gasteiger partial charge in [-0.2, -0.15) is 0 Å². The quantitative estimate of drug-likeness (QED) is 0.624. The zero-order valence-corrected chi connectivity index (χ0v) is 9.03. The fraction of sp³-hybridized carbons (Fsp3) is 0.429. The van der Waals surface area contributed by atoms with Crippen LogP contribution in [0.4, 0.5) is 8.78 Å². The number of thiazole rings is 1. The Balaban J connectivity index is 2.85. The van der Waals surface area contributed by atoms with Gasteiger partial charge in [-0.25, -0.2) is 13.8 Å². The molecule has 1 aromatic rings. The molecule has 0 bridgehead atoms. The predicted molar refractivity (Wildman–Crippen MR) is 49.8 cm³/mol. The lowest BCUT2D eigenvalue weighted by Crippen LogP contribution is -1.99. The summed E-state index contributed by atoms with van der Waals surface area (Å²) >= 11 is 3.79. The van der Waals surface area contributed by atoms with Crippen LogP contribution in [0.2, 0.25) is 0 Å². The Hall–Kier alpha value is -0.360. The minimum atomic E-state index is -2.51. The van der Waals surface area contributed by atoms with Gasteiger partial charge in [-0.05, 0) is 0 Å². The average molecular weight is 270 g/mol. The monoisotopic (exact) mass is 269 g/mol. The lowest BCUT2D eigenvalue weighted by molar-refractivity contribution is 0.102. The van der Waals surface area contributed by atoms with Crippen LogP contribution in [0.3, 0.4) is 0 Å². The number of ketones is 1. The second-order valence-corrected chi connectivity index (χ2v) is 4.40. The molecule has 0 aliphatic heterocycles. The van der Waals surface area contributed by atoms with Gasteiger partial charge in [0.25, 0.3) is 6.43 Å². The van der Waals surface area contributed by atoms with Crippen LogP contribution in [0.5, 0.6) is 0 Å². The van der Waals surface area contributed by atoms with E-state index in [9.17, 15) is 13.6 Å². The number of halogens is 3. The van der Waals surface area contributed by atoms with Crippen molar-refractivity contribution < 1.29 is 13.6 Å². The van der Waals surface area contributed by atoms with E-state index in [1.807, 2.05) is 0 Å². The number of nitrogens with zero attached hydrogens (tertiary/aromatic N) is 1. The third-order valence-corrected chi connectivity index (χ3v) is 3.65. The number of carbonyl (C=O) groups excluding carboxylic acids is 1. The lowest BCUT2D eigenvalue weighted by Gasteiger charge is -2.02. The van der Waals surface area contributed by atoms with Gasteiger partial charge in [0.05, 0.1) is 4.88 Å². The molecule has 1 heterocycles. The third kappa shape index (κ3) is 2.54. The van der Waals surface area contributed by atoms with E-state index in [2.05, 4.69) is 20.9 Å². The van der Waals surface area contributed by atoms with Gasteiger partial charge in [-0.3, -0.25) is 4.79 Å². The molecule has 0 aliphatic rings. The Labute approximate surface area is 86.1 Å². The van der Waals surface area contributed by atoms with E-state index in [-0.39, 0.29) is 10.8 Å². The van der Waals surface area contributed by atoms with Crippen molar-refractivity contribution in [2.24, 2.45) is 0 Å². The maximum Gasteiger partial charge on any atom is 0.257 e. The summed E-state index contributed by atoms with van der Waals surface area (Å²) in [7, 11) is 0. The maximum atomic E-state index is 12.2. The number of rotatable bonds is 3. The summed E-state index contributed by atoms with van der Waals surface area (Å²) in [5, 5.41) is 0.236. The fourth-order valence-electron chi connectivity index (χ4n) is 0.686. The SMILES string of the molecule is CC(=O)c1cnc(C(Br)C(F)F)s1. The van der Waals surface area contributed by atoms with Crippen LogP contribution in [0.15, 0.2) is 6.20 Å². The summed E-state index contributed by atoms with van der Waals surface area (Å²) in [5.74, 6) is -0.155. The highest BCUT2D eigenvalue weighted by atomic mass is 79.9. The molecular weight excluding hydrogens is 264 g/mol. The van der Waals surface area contributed by atoms with Crippen LogP contribution in [0, 0.1) is 0 Å². The standard InChI is InChI=1S/C7H6BrF2NOS/c1-3(12)4-2-11-7(13-4)5(8)6(9)10/h2,5-6H,1H3. The van der Waals surface area contributed by atoms with Crippen molar-refractivity contribution in [1.29, 1.82) is 0 Å². The molecule has 0 aromatic carbocycles. The number of aromatic nitrogens is 1. The second kappa shape index (κ2) is 4.23. The van der Waals surface area contributed by atoms with Crippen LogP contribution in [-0.2, 0) is 0 Å². The van der Waals surface area contributed by atoms with Crippen LogP contribution in [-0.4, -0.2) is 17.2 Å². The Kier molecular flexibility index (Phi) is 3.49. The lowest BCUT2D eigenvalue weighted by atomic mass is 10.4. The largest absolute Gasteiger partial charge is 0.294 e. The minimum Gasteiger partial charge on any atom is -0.294 e. The number of hydrogen-bond donors (Lipinski definition) is 0. The van der Waals surface area contributed by atoms with Crippen molar-refractivity contribution in [3.63, 3.8) is 0 Å². The van der Waals surface area contributed by atoms with Gasteiger partial charge >= 0.3 is 0 Å². The molecule has 13 heavy (non-hydrogen) atoms. The van der Waals surface area contributed by atoms with Gasteiger partial charge in [-0.1, -0.05) is 15.9 Å². The zero-order chi connectivity index (χ0) is 10.0. The van der Waals surface area contributed by atoms with Crippen molar-refractivity contribution in [3.05, 3.63) is 16.1 Å². The summed E-state index contributed by atoms with van der Waals surface area (Å²) < 4.78 is 24.3. The van der Waals surface area contributed by atoms with Crippen molar-refractivity contribution in [1.82, 2.24) is 4.98 Å². The van der Waals surface area contributed by atoms with Gasteiger partial charge in [-0.15, -0.1) is 11.3 Å². The molecule has 1 atom stereocenters. The molecule has 72 valence electrons. The highest BCUT2D eigenvalue weighted by Gasteiger charge is 2.22. The van der Waals surface area contributed by atoms with Crippen LogP contribution in [0.25, 0.3) is 0 Å².